The Morgan fingerprint density at radius 2 is 1.19 bits per heavy atom. The van der Waals surface area contributed by atoms with Crippen LogP contribution < -0.4 is 14.4 Å². The average molecular weight is 671 g/mol. The van der Waals surface area contributed by atoms with Crippen LogP contribution in [-0.4, -0.2) is 0 Å². The Morgan fingerprint density at radius 1 is 0.519 bits per heavy atom. The van der Waals surface area contributed by atoms with Crippen molar-refractivity contribution in [3.05, 3.63) is 161 Å². The van der Waals surface area contributed by atoms with Crippen LogP contribution in [0.1, 0.15) is 61.4 Å². The number of fused-ring (bicyclic) bond motifs is 9. The number of benzene rings is 6. The molecule has 52 heavy (non-hydrogen) atoms. The van der Waals surface area contributed by atoms with Gasteiger partial charge >= 0.3 is 0 Å². The maximum atomic E-state index is 2.66. The molecule has 2 nitrogen and oxygen atoms in total. The van der Waals surface area contributed by atoms with Crippen molar-refractivity contribution in [1.82, 2.24) is 0 Å². The molecular formula is C50H42N2+2. The molecule has 0 saturated carbocycles. The summed E-state index contributed by atoms with van der Waals surface area (Å²) in [5, 5.41) is 9.55. The van der Waals surface area contributed by atoms with Crippen LogP contribution in [0.2, 0.25) is 0 Å². The van der Waals surface area contributed by atoms with Gasteiger partial charge in [0, 0.05) is 35.6 Å². The zero-order valence-electron chi connectivity index (χ0n) is 30.8. The van der Waals surface area contributed by atoms with Crippen molar-refractivity contribution in [2.75, 3.05) is 0 Å². The molecule has 3 aliphatic rings. The van der Waals surface area contributed by atoms with Gasteiger partial charge in [0.15, 0.2) is 24.8 Å². The van der Waals surface area contributed by atoms with Gasteiger partial charge in [0.25, 0.3) is 0 Å². The minimum atomic E-state index is -0.0718. The average Bonchev–Trinajstić information content (AvgIpc) is 3.52. The number of rotatable bonds is 2. The molecule has 0 N–H and O–H groups in total. The third kappa shape index (κ3) is 3.80. The first kappa shape index (κ1) is 30.1. The van der Waals surface area contributed by atoms with E-state index >= 15 is 0 Å². The summed E-state index contributed by atoms with van der Waals surface area (Å²) in [6.07, 6.45) is 11.3. The summed E-state index contributed by atoms with van der Waals surface area (Å²) in [4.78, 5) is 0. The molecule has 2 heteroatoms. The van der Waals surface area contributed by atoms with Crippen molar-refractivity contribution in [2.24, 2.45) is 20.0 Å². The first-order valence-corrected chi connectivity index (χ1v) is 18.8. The standard InChI is InChI=1S/C50H42N2/c1-49(2)41-16-11-29-9-7-8-10-34(29)46(41)39-27-43-40(28-42(39)49)47-37-15-14-35-33(30-17-21-51(5)22-18-30)12-13-36-38(31-19-23-52(6)24-20-31)25-32(45(37)48(35)36)26-44(47)50(43,3)4/h7-28,44,47H,1-6H3/q+2. The molecule has 250 valence electrons. The lowest BCUT2D eigenvalue weighted by atomic mass is 9.70. The summed E-state index contributed by atoms with van der Waals surface area (Å²) < 4.78 is 4.23. The smallest absolute Gasteiger partial charge is 0.169 e. The lowest BCUT2D eigenvalue weighted by Gasteiger charge is -2.33. The van der Waals surface area contributed by atoms with Gasteiger partial charge in [-0.2, -0.15) is 0 Å². The van der Waals surface area contributed by atoms with Crippen molar-refractivity contribution in [3.63, 3.8) is 0 Å². The predicted molar refractivity (Wildman–Crippen MR) is 214 cm³/mol. The fourth-order valence-corrected chi connectivity index (χ4v) is 10.6. The molecule has 2 aromatic heterocycles. The number of aryl methyl sites for hydroxylation is 2. The van der Waals surface area contributed by atoms with Crippen LogP contribution in [0.15, 0.2) is 128 Å². The van der Waals surface area contributed by atoms with Crippen LogP contribution in [0.5, 0.6) is 0 Å². The lowest BCUT2D eigenvalue weighted by Crippen LogP contribution is -2.30. The van der Waals surface area contributed by atoms with E-state index in [0.29, 0.717) is 11.8 Å². The number of pyridine rings is 2. The molecule has 2 heterocycles. The minimum absolute atomic E-state index is 0.0393. The van der Waals surface area contributed by atoms with E-state index in [0.717, 1.165) is 0 Å². The van der Waals surface area contributed by atoms with E-state index in [4.69, 9.17) is 0 Å². The molecule has 0 fully saturated rings. The number of hydrogen-bond donors (Lipinski definition) is 0. The van der Waals surface area contributed by atoms with Crippen LogP contribution in [0, 0.1) is 5.92 Å². The second-order valence-corrected chi connectivity index (χ2v) is 16.8. The predicted octanol–water partition coefficient (Wildman–Crippen LogP) is 9.99. The van der Waals surface area contributed by atoms with E-state index in [-0.39, 0.29) is 10.8 Å². The zero-order valence-corrected chi connectivity index (χ0v) is 30.8. The minimum Gasteiger partial charge on any atom is -0.208 e. The topological polar surface area (TPSA) is 7.76 Å². The van der Waals surface area contributed by atoms with Crippen LogP contribution in [0.25, 0.3) is 71.8 Å². The maximum Gasteiger partial charge on any atom is 0.169 e. The van der Waals surface area contributed by atoms with E-state index in [1.165, 1.54) is 98.7 Å². The molecule has 0 aliphatic heterocycles. The van der Waals surface area contributed by atoms with Crippen LogP contribution >= 0.6 is 0 Å². The zero-order chi connectivity index (χ0) is 35.3. The van der Waals surface area contributed by atoms with Crippen LogP contribution in [0.4, 0.5) is 0 Å². The Hall–Kier alpha value is -5.60. The van der Waals surface area contributed by atoms with Gasteiger partial charge < -0.3 is 0 Å². The molecule has 2 unspecified atom stereocenters. The van der Waals surface area contributed by atoms with Crippen molar-refractivity contribution in [2.45, 2.75) is 44.4 Å². The molecular weight excluding hydrogens is 629 g/mol. The van der Waals surface area contributed by atoms with E-state index < -0.39 is 0 Å². The van der Waals surface area contributed by atoms with Gasteiger partial charge in [-0.1, -0.05) is 101 Å². The summed E-state index contributed by atoms with van der Waals surface area (Å²) in [5.41, 5.74) is 15.3. The van der Waals surface area contributed by atoms with Crippen LogP contribution in [0.3, 0.4) is 0 Å². The van der Waals surface area contributed by atoms with Gasteiger partial charge in [0.1, 0.15) is 14.1 Å². The summed E-state index contributed by atoms with van der Waals surface area (Å²) in [7, 11) is 4.18. The second-order valence-electron chi connectivity index (χ2n) is 16.8. The van der Waals surface area contributed by atoms with Crippen molar-refractivity contribution in [1.29, 1.82) is 0 Å². The van der Waals surface area contributed by atoms with Gasteiger partial charge in [-0.15, -0.1) is 0 Å². The van der Waals surface area contributed by atoms with E-state index in [1.807, 2.05) is 0 Å². The Labute approximate surface area is 305 Å². The Morgan fingerprint density at radius 3 is 1.94 bits per heavy atom. The highest BCUT2D eigenvalue weighted by atomic mass is 14.9. The molecule has 0 amide bonds. The molecule has 0 saturated heterocycles. The number of aromatic nitrogens is 2. The number of hydrogen-bond acceptors (Lipinski definition) is 0. The largest absolute Gasteiger partial charge is 0.208 e. The van der Waals surface area contributed by atoms with E-state index in [1.54, 1.807) is 0 Å². The number of nitrogens with zero attached hydrogens (tertiary/aromatic N) is 2. The van der Waals surface area contributed by atoms with Crippen LogP contribution in [-0.2, 0) is 24.9 Å². The fraction of sp³-hybridized carbons (Fsp3) is 0.200. The first-order chi connectivity index (χ1) is 25.1. The Balaban J connectivity index is 1.21. The second kappa shape index (κ2) is 10.0. The Bertz CT molecular complexity index is 2900. The fourth-order valence-electron chi connectivity index (χ4n) is 10.6. The monoisotopic (exact) mass is 670 g/mol. The molecule has 8 aromatic rings. The molecule has 0 bridgehead atoms. The van der Waals surface area contributed by atoms with Gasteiger partial charge in [0.2, 0.25) is 0 Å². The van der Waals surface area contributed by atoms with Gasteiger partial charge in [-0.3, -0.25) is 0 Å². The Kier molecular flexibility index (Phi) is 5.81. The summed E-state index contributed by atoms with van der Waals surface area (Å²) >= 11 is 0. The maximum absolute atomic E-state index is 2.66. The van der Waals surface area contributed by atoms with Gasteiger partial charge in [-0.05, 0) is 122 Å². The first-order valence-electron chi connectivity index (χ1n) is 18.8. The highest BCUT2D eigenvalue weighted by Gasteiger charge is 2.49. The SMILES string of the molecule is C[n+]1ccc(-c2ccc3c(-c4cc[n+](C)cc4)cc4c5c(ccc2c35)C2c3cc5c(cc3C(C)(C)C2C=4)-c2c(ccc3ccccc23)C5(C)C)cc1. The van der Waals surface area contributed by atoms with Crippen molar-refractivity contribution in [3.8, 4) is 33.4 Å². The summed E-state index contributed by atoms with van der Waals surface area (Å²) in [6.45, 7) is 9.87. The normalized spacial score (nSPS) is 18.7. The summed E-state index contributed by atoms with van der Waals surface area (Å²) in [6, 6.07) is 40.1. The molecule has 0 spiro atoms. The van der Waals surface area contributed by atoms with Crippen molar-refractivity contribution < 1.29 is 9.13 Å². The molecule has 6 aromatic carbocycles. The molecule has 0 radical (unpaired) electrons. The van der Waals surface area contributed by atoms with Crippen molar-refractivity contribution >= 4 is 38.4 Å². The summed E-state index contributed by atoms with van der Waals surface area (Å²) in [5.74, 6) is 0.651. The van der Waals surface area contributed by atoms with Gasteiger partial charge in [0.05, 0.1) is 0 Å². The van der Waals surface area contributed by atoms with E-state index in [2.05, 4.69) is 185 Å². The molecule has 3 aliphatic carbocycles. The lowest BCUT2D eigenvalue weighted by molar-refractivity contribution is -0.671. The van der Waals surface area contributed by atoms with Gasteiger partial charge in [-0.25, -0.2) is 9.13 Å². The molecule has 2 atom stereocenters. The highest BCUT2D eigenvalue weighted by Crippen LogP contribution is 2.61. The molecule has 11 rings (SSSR count). The third-order valence-electron chi connectivity index (χ3n) is 13.3. The quantitative estimate of drug-likeness (QED) is 0.162. The highest BCUT2D eigenvalue weighted by molar-refractivity contribution is 6.20. The third-order valence-corrected chi connectivity index (χ3v) is 13.3. The van der Waals surface area contributed by atoms with E-state index in [9.17, 15) is 0 Å².